The summed E-state index contributed by atoms with van der Waals surface area (Å²) >= 11 is 0. The van der Waals surface area contributed by atoms with Gasteiger partial charge in [0.1, 0.15) is 0 Å². The van der Waals surface area contributed by atoms with Crippen molar-refractivity contribution in [3.05, 3.63) is 0 Å². The summed E-state index contributed by atoms with van der Waals surface area (Å²) in [6.45, 7) is 4.93. The summed E-state index contributed by atoms with van der Waals surface area (Å²) in [5, 5.41) is 8.81. The van der Waals surface area contributed by atoms with Crippen molar-refractivity contribution in [1.82, 2.24) is 4.90 Å². The SMILES string of the molecule is CC1CN(CCN)CC1C(=O)O. The molecule has 1 aliphatic rings. The average molecular weight is 172 g/mol. The van der Waals surface area contributed by atoms with Crippen LogP contribution in [0.2, 0.25) is 0 Å². The van der Waals surface area contributed by atoms with Crippen LogP contribution in [0.25, 0.3) is 0 Å². The van der Waals surface area contributed by atoms with Crippen molar-refractivity contribution in [3.63, 3.8) is 0 Å². The minimum atomic E-state index is -0.679. The third-order valence-electron chi connectivity index (χ3n) is 2.45. The fourth-order valence-corrected chi connectivity index (χ4v) is 1.75. The third-order valence-corrected chi connectivity index (χ3v) is 2.45. The Morgan fingerprint density at radius 3 is 2.75 bits per heavy atom. The molecule has 0 aromatic heterocycles. The van der Waals surface area contributed by atoms with E-state index in [1.807, 2.05) is 6.92 Å². The Hall–Kier alpha value is -0.610. The Morgan fingerprint density at radius 1 is 1.67 bits per heavy atom. The molecule has 1 saturated heterocycles. The Labute approximate surface area is 72.3 Å². The molecule has 0 bridgehead atoms. The number of likely N-dealkylation sites (tertiary alicyclic amines) is 1. The highest BCUT2D eigenvalue weighted by atomic mass is 16.4. The van der Waals surface area contributed by atoms with Gasteiger partial charge in [0, 0.05) is 26.2 Å². The lowest BCUT2D eigenvalue weighted by molar-refractivity contribution is -0.142. The van der Waals surface area contributed by atoms with Crippen LogP contribution in [0.1, 0.15) is 6.92 Å². The molecule has 0 aromatic rings. The average Bonchev–Trinajstić information content (AvgIpc) is 2.32. The monoisotopic (exact) mass is 172 g/mol. The molecule has 1 fully saturated rings. The molecule has 4 heteroatoms. The molecule has 0 saturated carbocycles. The van der Waals surface area contributed by atoms with Gasteiger partial charge in [-0.05, 0) is 5.92 Å². The van der Waals surface area contributed by atoms with E-state index >= 15 is 0 Å². The van der Waals surface area contributed by atoms with Crippen LogP contribution in [0, 0.1) is 11.8 Å². The predicted molar refractivity (Wildman–Crippen MR) is 45.8 cm³/mol. The van der Waals surface area contributed by atoms with E-state index in [0.29, 0.717) is 13.1 Å². The summed E-state index contributed by atoms with van der Waals surface area (Å²) in [6.07, 6.45) is 0. The summed E-state index contributed by atoms with van der Waals surface area (Å²) < 4.78 is 0. The molecule has 70 valence electrons. The third kappa shape index (κ3) is 1.95. The Balaban J connectivity index is 2.44. The Bertz CT molecular complexity index is 172. The van der Waals surface area contributed by atoms with Gasteiger partial charge in [0.05, 0.1) is 5.92 Å². The molecule has 2 atom stereocenters. The van der Waals surface area contributed by atoms with Crippen LogP contribution < -0.4 is 5.73 Å². The van der Waals surface area contributed by atoms with Crippen molar-refractivity contribution in [2.24, 2.45) is 17.6 Å². The molecule has 0 radical (unpaired) electrons. The molecule has 0 aliphatic carbocycles. The first kappa shape index (κ1) is 9.48. The van der Waals surface area contributed by atoms with E-state index in [-0.39, 0.29) is 11.8 Å². The summed E-state index contributed by atoms with van der Waals surface area (Å²) in [6, 6.07) is 0. The van der Waals surface area contributed by atoms with E-state index in [1.165, 1.54) is 0 Å². The molecule has 1 rings (SSSR count). The van der Waals surface area contributed by atoms with Crippen molar-refractivity contribution in [1.29, 1.82) is 0 Å². The smallest absolute Gasteiger partial charge is 0.308 e. The van der Waals surface area contributed by atoms with E-state index in [4.69, 9.17) is 10.8 Å². The van der Waals surface area contributed by atoms with Crippen LogP contribution in [0.4, 0.5) is 0 Å². The van der Waals surface area contributed by atoms with Gasteiger partial charge >= 0.3 is 5.97 Å². The van der Waals surface area contributed by atoms with E-state index in [9.17, 15) is 4.79 Å². The summed E-state index contributed by atoms with van der Waals surface area (Å²) in [4.78, 5) is 12.8. The van der Waals surface area contributed by atoms with Gasteiger partial charge in [0.2, 0.25) is 0 Å². The number of hydrogen-bond acceptors (Lipinski definition) is 3. The van der Waals surface area contributed by atoms with E-state index in [1.54, 1.807) is 0 Å². The summed E-state index contributed by atoms with van der Waals surface area (Å²) in [5.41, 5.74) is 5.39. The van der Waals surface area contributed by atoms with E-state index in [0.717, 1.165) is 13.1 Å². The van der Waals surface area contributed by atoms with Gasteiger partial charge < -0.3 is 15.7 Å². The molecule has 0 spiro atoms. The molecule has 12 heavy (non-hydrogen) atoms. The Kier molecular flexibility index (Phi) is 3.05. The number of nitrogens with zero attached hydrogens (tertiary/aromatic N) is 1. The lowest BCUT2D eigenvalue weighted by Gasteiger charge is -2.12. The molecule has 2 unspecified atom stereocenters. The maximum absolute atomic E-state index is 10.7. The highest BCUT2D eigenvalue weighted by Gasteiger charge is 2.33. The highest BCUT2D eigenvalue weighted by molar-refractivity contribution is 5.71. The van der Waals surface area contributed by atoms with Crippen molar-refractivity contribution in [2.75, 3.05) is 26.2 Å². The number of carboxylic acid groups (broad SMARTS) is 1. The maximum atomic E-state index is 10.7. The van der Waals surface area contributed by atoms with Crippen LogP contribution in [-0.2, 0) is 4.79 Å². The highest BCUT2D eigenvalue weighted by Crippen LogP contribution is 2.22. The van der Waals surface area contributed by atoms with Gasteiger partial charge in [-0.3, -0.25) is 4.79 Å². The van der Waals surface area contributed by atoms with Crippen molar-refractivity contribution >= 4 is 5.97 Å². The quantitative estimate of drug-likeness (QED) is 0.607. The van der Waals surface area contributed by atoms with Gasteiger partial charge in [-0.2, -0.15) is 0 Å². The van der Waals surface area contributed by atoms with Crippen LogP contribution in [-0.4, -0.2) is 42.2 Å². The minimum absolute atomic E-state index is 0.198. The lowest BCUT2D eigenvalue weighted by Crippen LogP contribution is -2.28. The largest absolute Gasteiger partial charge is 0.481 e. The molecule has 0 amide bonds. The normalized spacial score (nSPS) is 30.8. The molecular weight excluding hydrogens is 156 g/mol. The van der Waals surface area contributed by atoms with Gasteiger partial charge in [-0.15, -0.1) is 0 Å². The molecule has 1 aliphatic heterocycles. The number of carbonyl (C=O) groups is 1. The molecule has 4 nitrogen and oxygen atoms in total. The topological polar surface area (TPSA) is 66.6 Å². The van der Waals surface area contributed by atoms with E-state index in [2.05, 4.69) is 4.90 Å². The lowest BCUT2D eigenvalue weighted by atomic mass is 9.99. The fourth-order valence-electron chi connectivity index (χ4n) is 1.75. The zero-order valence-corrected chi connectivity index (χ0v) is 7.36. The number of carboxylic acids is 1. The summed E-state index contributed by atoms with van der Waals surface area (Å²) in [7, 11) is 0. The first-order valence-corrected chi connectivity index (χ1v) is 4.30. The first-order chi connectivity index (χ1) is 5.65. The van der Waals surface area contributed by atoms with Crippen LogP contribution in [0.3, 0.4) is 0 Å². The Morgan fingerprint density at radius 2 is 2.33 bits per heavy atom. The van der Waals surface area contributed by atoms with Crippen LogP contribution in [0.15, 0.2) is 0 Å². The number of aliphatic carboxylic acids is 1. The first-order valence-electron chi connectivity index (χ1n) is 4.30. The minimum Gasteiger partial charge on any atom is -0.481 e. The van der Waals surface area contributed by atoms with E-state index < -0.39 is 5.97 Å². The van der Waals surface area contributed by atoms with Crippen molar-refractivity contribution < 1.29 is 9.90 Å². The zero-order valence-electron chi connectivity index (χ0n) is 7.36. The van der Waals surface area contributed by atoms with Crippen molar-refractivity contribution in [2.45, 2.75) is 6.92 Å². The zero-order chi connectivity index (χ0) is 9.14. The van der Waals surface area contributed by atoms with Gasteiger partial charge in [0.25, 0.3) is 0 Å². The number of rotatable bonds is 3. The standard InChI is InChI=1S/C8H16N2O2/c1-6-4-10(3-2-9)5-7(6)8(11)12/h6-7H,2-5,9H2,1H3,(H,11,12). The summed E-state index contributed by atoms with van der Waals surface area (Å²) in [5.74, 6) is -0.618. The molecule has 1 heterocycles. The van der Waals surface area contributed by atoms with Crippen LogP contribution >= 0.6 is 0 Å². The molecule has 3 N–H and O–H groups in total. The fraction of sp³-hybridized carbons (Fsp3) is 0.875. The van der Waals surface area contributed by atoms with Gasteiger partial charge in [0.15, 0.2) is 0 Å². The molecular formula is C8H16N2O2. The van der Waals surface area contributed by atoms with Gasteiger partial charge in [-0.1, -0.05) is 6.92 Å². The number of nitrogens with two attached hydrogens (primary N) is 1. The second-order valence-corrected chi connectivity index (χ2v) is 3.47. The van der Waals surface area contributed by atoms with Crippen molar-refractivity contribution in [3.8, 4) is 0 Å². The second-order valence-electron chi connectivity index (χ2n) is 3.47. The predicted octanol–water partition coefficient (Wildman–Crippen LogP) is -0.402. The van der Waals surface area contributed by atoms with Gasteiger partial charge in [-0.25, -0.2) is 0 Å². The van der Waals surface area contributed by atoms with Crippen LogP contribution in [0.5, 0.6) is 0 Å². The number of hydrogen-bond donors (Lipinski definition) is 2. The maximum Gasteiger partial charge on any atom is 0.308 e. The second kappa shape index (κ2) is 3.87. The molecule has 0 aromatic carbocycles.